The van der Waals surface area contributed by atoms with Crippen LogP contribution in [-0.4, -0.2) is 74.1 Å². The van der Waals surface area contributed by atoms with Crippen molar-refractivity contribution in [2.75, 3.05) is 52.4 Å². The molecule has 1 aliphatic carbocycles. The summed E-state index contributed by atoms with van der Waals surface area (Å²) in [7, 11) is 0. The highest BCUT2D eigenvalue weighted by molar-refractivity contribution is 5.85. The zero-order valence-electron chi connectivity index (χ0n) is 15.2. The number of hydrogen-bond donors (Lipinski definition) is 2. The van der Waals surface area contributed by atoms with E-state index in [4.69, 9.17) is 0 Å². The molecule has 2 saturated heterocycles. The fourth-order valence-electron chi connectivity index (χ4n) is 4.37. The van der Waals surface area contributed by atoms with Gasteiger partial charge in [-0.1, -0.05) is 26.2 Å². The summed E-state index contributed by atoms with van der Waals surface area (Å²) in [5.74, 6) is 0.234. The molecule has 0 radical (unpaired) electrons. The van der Waals surface area contributed by atoms with Gasteiger partial charge in [0, 0.05) is 45.3 Å². The van der Waals surface area contributed by atoms with E-state index in [9.17, 15) is 4.79 Å². The lowest BCUT2D eigenvalue weighted by molar-refractivity contribution is -0.123. The molecule has 3 aliphatic rings. The second-order valence-corrected chi connectivity index (χ2v) is 8.19. The van der Waals surface area contributed by atoms with Gasteiger partial charge in [-0.05, 0) is 31.2 Å². The van der Waals surface area contributed by atoms with Gasteiger partial charge in [-0.3, -0.25) is 9.69 Å². The van der Waals surface area contributed by atoms with E-state index in [0.29, 0.717) is 18.0 Å². The highest BCUT2D eigenvalue weighted by atomic mass is 35.5. The molecule has 1 amide bonds. The average Bonchev–Trinajstić information content (AvgIpc) is 2.96. The Morgan fingerprint density at radius 2 is 1.79 bits per heavy atom. The van der Waals surface area contributed by atoms with Crippen molar-refractivity contribution in [2.24, 2.45) is 5.41 Å². The van der Waals surface area contributed by atoms with Crippen LogP contribution in [0.25, 0.3) is 0 Å². The molecule has 0 bridgehead atoms. The highest BCUT2D eigenvalue weighted by Gasteiger charge is 2.32. The summed E-state index contributed by atoms with van der Waals surface area (Å²) in [6.45, 7) is 10.8. The van der Waals surface area contributed by atoms with E-state index in [-0.39, 0.29) is 18.3 Å². The minimum absolute atomic E-state index is 0. The quantitative estimate of drug-likeness (QED) is 0.781. The second-order valence-electron chi connectivity index (χ2n) is 8.19. The molecular weight excluding hydrogens is 324 g/mol. The van der Waals surface area contributed by atoms with Gasteiger partial charge in [-0.25, -0.2) is 0 Å². The van der Waals surface area contributed by atoms with Crippen molar-refractivity contribution >= 4 is 18.3 Å². The monoisotopic (exact) mass is 358 g/mol. The molecule has 2 N–H and O–H groups in total. The summed E-state index contributed by atoms with van der Waals surface area (Å²) in [6, 6.07) is 0.437. The van der Waals surface area contributed by atoms with Crippen LogP contribution in [0, 0.1) is 5.41 Å². The van der Waals surface area contributed by atoms with E-state index in [1.54, 1.807) is 0 Å². The van der Waals surface area contributed by atoms with Crippen LogP contribution in [0.3, 0.4) is 0 Å². The number of nitrogens with zero attached hydrogens (tertiary/aromatic N) is 2. The molecule has 0 aromatic rings. The first-order chi connectivity index (χ1) is 11.1. The Morgan fingerprint density at radius 3 is 2.42 bits per heavy atom. The van der Waals surface area contributed by atoms with Crippen LogP contribution in [0.2, 0.25) is 0 Å². The number of piperazine rings is 1. The van der Waals surface area contributed by atoms with Gasteiger partial charge in [0.25, 0.3) is 0 Å². The van der Waals surface area contributed by atoms with Crippen molar-refractivity contribution in [2.45, 2.75) is 51.5 Å². The van der Waals surface area contributed by atoms with Gasteiger partial charge < -0.3 is 15.5 Å². The average molecular weight is 359 g/mol. The molecule has 140 valence electrons. The summed E-state index contributed by atoms with van der Waals surface area (Å²) < 4.78 is 0. The molecule has 1 atom stereocenters. The van der Waals surface area contributed by atoms with Gasteiger partial charge in [0.15, 0.2) is 0 Å². The van der Waals surface area contributed by atoms with Crippen LogP contribution < -0.4 is 10.6 Å². The topological polar surface area (TPSA) is 47.6 Å². The van der Waals surface area contributed by atoms with Gasteiger partial charge in [-0.15, -0.1) is 12.4 Å². The van der Waals surface area contributed by atoms with Crippen LogP contribution in [0.1, 0.15) is 45.4 Å². The van der Waals surface area contributed by atoms with Crippen molar-refractivity contribution in [3.05, 3.63) is 0 Å². The molecule has 1 saturated carbocycles. The number of nitrogens with one attached hydrogen (secondary N) is 2. The molecule has 6 heteroatoms. The second kappa shape index (κ2) is 9.37. The van der Waals surface area contributed by atoms with Gasteiger partial charge in [0.1, 0.15) is 0 Å². The van der Waals surface area contributed by atoms with Crippen LogP contribution >= 0.6 is 12.4 Å². The fourth-order valence-corrected chi connectivity index (χ4v) is 4.37. The predicted molar refractivity (Wildman–Crippen MR) is 101 cm³/mol. The molecule has 2 heterocycles. The first kappa shape index (κ1) is 20.0. The number of carbonyl (C=O) groups is 1. The largest absolute Gasteiger partial charge is 0.352 e. The molecule has 5 nitrogen and oxygen atoms in total. The third kappa shape index (κ3) is 5.87. The lowest BCUT2D eigenvalue weighted by atomic mass is 9.89. The first-order valence-corrected chi connectivity index (χ1v) is 9.58. The number of halogens is 1. The lowest BCUT2D eigenvalue weighted by Crippen LogP contribution is -2.52. The lowest BCUT2D eigenvalue weighted by Gasteiger charge is -2.38. The van der Waals surface area contributed by atoms with Crippen molar-refractivity contribution in [3.8, 4) is 0 Å². The zero-order chi connectivity index (χ0) is 16.1. The molecule has 0 aromatic heterocycles. The van der Waals surface area contributed by atoms with Crippen molar-refractivity contribution < 1.29 is 4.79 Å². The Morgan fingerprint density at radius 1 is 1.12 bits per heavy atom. The SMILES string of the molecule is CC1(CN2CCN(CC(=O)NC3CCCCC3)CC2)CCNC1.Cl. The van der Waals surface area contributed by atoms with Crippen LogP contribution in [0.4, 0.5) is 0 Å². The molecule has 24 heavy (non-hydrogen) atoms. The minimum atomic E-state index is 0. The highest BCUT2D eigenvalue weighted by Crippen LogP contribution is 2.26. The van der Waals surface area contributed by atoms with Gasteiger partial charge in [0.05, 0.1) is 6.54 Å². The third-order valence-electron chi connectivity index (χ3n) is 5.86. The molecule has 3 rings (SSSR count). The Kier molecular flexibility index (Phi) is 7.79. The van der Waals surface area contributed by atoms with Crippen LogP contribution in [0.15, 0.2) is 0 Å². The summed E-state index contributed by atoms with van der Waals surface area (Å²) in [6.07, 6.45) is 7.52. The summed E-state index contributed by atoms with van der Waals surface area (Å²) >= 11 is 0. The smallest absolute Gasteiger partial charge is 0.234 e. The Balaban J connectivity index is 0.00000208. The number of hydrogen-bond acceptors (Lipinski definition) is 4. The van der Waals surface area contributed by atoms with Crippen molar-refractivity contribution in [1.82, 2.24) is 20.4 Å². The molecule has 0 spiro atoms. The van der Waals surface area contributed by atoms with E-state index in [1.807, 2.05) is 0 Å². The minimum Gasteiger partial charge on any atom is -0.352 e. The molecule has 2 aliphatic heterocycles. The summed E-state index contributed by atoms with van der Waals surface area (Å²) in [4.78, 5) is 17.1. The standard InChI is InChI=1S/C18H34N4O.ClH/c1-18(7-8-19-14-18)15-22-11-9-21(10-12-22)13-17(23)20-16-5-3-2-4-6-16;/h16,19H,2-15H2,1H3,(H,20,23);1H. The number of carbonyl (C=O) groups excluding carboxylic acids is 1. The summed E-state index contributed by atoms with van der Waals surface area (Å²) in [5, 5.41) is 6.73. The van der Waals surface area contributed by atoms with Crippen molar-refractivity contribution in [1.29, 1.82) is 0 Å². The predicted octanol–water partition coefficient (Wildman–Crippen LogP) is 1.47. The number of rotatable bonds is 5. The maximum atomic E-state index is 12.2. The first-order valence-electron chi connectivity index (χ1n) is 9.58. The van der Waals surface area contributed by atoms with E-state index >= 15 is 0 Å². The van der Waals surface area contributed by atoms with E-state index in [1.165, 1.54) is 45.1 Å². The molecule has 1 unspecified atom stereocenters. The van der Waals surface area contributed by atoms with Gasteiger partial charge in [-0.2, -0.15) is 0 Å². The Bertz CT molecular complexity index is 386. The normalized spacial score (nSPS) is 30.0. The molecule has 3 fully saturated rings. The van der Waals surface area contributed by atoms with Gasteiger partial charge in [0.2, 0.25) is 5.91 Å². The van der Waals surface area contributed by atoms with Crippen LogP contribution in [0.5, 0.6) is 0 Å². The zero-order valence-corrected chi connectivity index (χ0v) is 16.0. The Labute approximate surface area is 153 Å². The molecular formula is C18H35ClN4O. The molecule has 0 aromatic carbocycles. The fraction of sp³-hybridized carbons (Fsp3) is 0.944. The maximum absolute atomic E-state index is 12.2. The van der Waals surface area contributed by atoms with Crippen LogP contribution in [-0.2, 0) is 4.79 Å². The Hall–Kier alpha value is -0.360. The van der Waals surface area contributed by atoms with E-state index < -0.39 is 0 Å². The van der Waals surface area contributed by atoms with E-state index in [0.717, 1.165) is 39.3 Å². The summed E-state index contributed by atoms with van der Waals surface area (Å²) in [5.41, 5.74) is 0.445. The van der Waals surface area contributed by atoms with E-state index in [2.05, 4.69) is 27.4 Å². The van der Waals surface area contributed by atoms with Crippen molar-refractivity contribution in [3.63, 3.8) is 0 Å². The van der Waals surface area contributed by atoms with Gasteiger partial charge >= 0.3 is 0 Å². The number of amides is 1. The third-order valence-corrected chi connectivity index (χ3v) is 5.86. The maximum Gasteiger partial charge on any atom is 0.234 e.